The van der Waals surface area contributed by atoms with Gasteiger partial charge in [0.15, 0.2) is 0 Å². The van der Waals surface area contributed by atoms with Crippen LogP contribution in [0.1, 0.15) is 5.56 Å². The number of rotatable bonds is 8. The average molecular weight is 319 g/mol. The van der Waals surface area contributed by atoms with Crippen molar-refractivity contribution in [2.45, 2.75) is 6.54 Å². The highest BCUT2D eigenvalue weighted by Gasteiger charge is 2.00. The molecule has 0 aromatic heterocycles. The first-order chi connectivity index (χ1) is 8.59. The van der Waals surface area contributed by atoms with E-state index in [0.29, 0.717) is 13.2 Å². The number of hydrogen-bond acceptors (Lipinski definition) is 3. The van der Waals surface area contributed by atoms with Crippen LogP contribution in [0.4, 0.5) is 4.39 Å². The molecule has 1 aromatic carbocycles. The monoisotopic (exact) mass is 318 g/mol. The van der Waals surface area contributed by atoms with E-state index >= 15 is 0 Å². The number of nitrogens with one attached hydrogen (secondary N) is 1. The van der Waals surface area contributed by atoms with Crippen LogP contribution < -0.4 is 5.32 Å². The molecule has 0 saturated carbocycles. The lowest BCUT2D eigenvalue weighted by molar-refractivity contribution is 0.119. The first-order valence-electron chi connectivity index (χ1n) is 5.96. The molecule has 0 saturated heterocycles. The molecule has 0 aliphatic heterocycles. The zero-order chi connectivity index (χ0) is 13.4. The topological polar surface area (TPSA) is 24.5 Å². The van der Waals surface area contributed by atoms with Crippen LogP contribution in [-0.2, 0) is 11.3 Å². The third kappa shape index (κ3) is 6.44. The molecule has 0 unspecified atom stereocenters. The number of nitrogens with zero attached hydrogens (tertiary/aromatic N) is 1. The summed E-state index contributed by atoms with van der Waals surface area (Å²) in [5.74, 6) is -0.224. The second-order valence-electron chi connectivity index (χ2n) is 4.33. The molecule has 0 heterocycles. The second kappa shape index (κ2) is 8.58. The minimum atomic E-state index is -0.224. The van der Waals surface area contributed by atoms with Gasteiger partial charge in [-0.25, -0.2) is 4.39 Å². The molecular weight excluding hydrogens is 299 g/mol. The van der Waals surface area contributed by atoms with Crippen molar-refractivity contribution in [2.75, 3.05) is 40.4 Å². The fraction of sp³-hybridized carbons (Fsp3) is 0.538. The summed E-state index contributed by atoms with van der Waals surface area (Å²) in [5.41, 5.74) is 1.05. The summed E-state index contributed by atoms with van der Waals surface area (Å²) in [6, 6.07) is 4.72. The number of benzene rings is 1. The van der Waals surface area contributed by atoms with E-state index < -0.39 is 0 Å². The molecule has 1 aromatic rings. The number of likely N-dealkylation sites (N-methyl/N-ethyl adjacent to an activating group) is 1. The van der Waals surface area contributed by atoms with Crippen molar-refractivity contribution in [1.82, 2.24) is 10.2 Å². The van der Waals surface area contributed by atoms with Gasteiger partial charge >= 0.3 is 0 Å². The van der Waals surface area contributed by atoms with Crippen molar-refractivity contribution in [1.29, 1.82) is 0 Å². The minimum Gasteiger partial charge on any atom is -0.379 e. The highest BCUT2D eigenvalue weighted by molar-refractivity contribution is 9.10. The molecule has 0 fully saturated rings. The van der Waals surface area contributed by atoms with E-state index in [9.17, 15) is 4.39 Å². The van der Waals surface area contributed by atoms with Gasteiger partial charge in [0.1, 0.15) is 5.82 Å². The molecule has 0 amide bonds. The second-order valence-corrected chi connectivity index (χ2v) is 5.18. The lowest BCUT2D eigenvalue weighted by Crippen LogP contribution is -2.23. The largest absolute Gasteiger partial charge is 0.379 e. The lowest BCUT2D eigenvalue weighted by atomic mass is 10.2. The van der Waals surface area contributed by atoms with E-state index in [4.69, 9.17) is 4.74 Å². The average Bonchev–Trinajstić information content (AvgIpc) is 2.30. The number of hydrogen-bond donors (Lipinski definition) is 1. The quantitative estimate of drug-likeness (QED) is 0.744. The highest BCUT2D eigenvalue weighted by atomic mass is 79.9. The van der Waals surface area contributed by atoms with Crippen molar-refractivity contribution in [3.8, 4) is 0 Å². The molecule has 1 N–H and O–H groups in total. The van der Waals surface area contributed by atoms with Gasteiger partial charge in [-0.2, -0.15) is 0 Å². The van der Waals surface area contributed by atoms with E-state index in [1.165, 1.54) is 12.1 Å². The van der Waals surface area contributed by atoms with Gasteiger partial charge in [0, 0.05) is 24.1 Å². The third-order valence-electron chi connectivity index (χ3n) is 2.44. The van der Waals surface area contributed by atoms with E-state index in [0.717, 1.165) is 29.7 Å². The molecule has 0 atom stereocenters. The zero-order valence-corrected chi connectivity index (χ0v) is 12.5. The van der Waals surface area contributed by atoms with Gasteiger partial charge in [-0.15, -0.1) is 0 Å². The molecule has 1 rings (SSSR count). The van der Waals surface area contributed by atoms with Gasteiger partial charge in [-0.05, 0) is 31.8 Å². The SMILES string of the molecule is CN(C)CCOCCNCc1ccc(F)cc1Br. The van der Waals surface area contributed by atoms with Crippen LogP contribution in [0.15, 0.2) is 22.7 Å². The molecule has 0 aliphatic carbocycles. The predicted octanol–water partition coefficient (Wildman–Crippen LogP) is 2.26. The zero-order valence-electron chi connectivity index (χ0n) is 10.9. The Morgan fingerprint density at radius 1 is 1.33 bits per heavy atom. The molecule has 102 valence electrons. The Bertz CT molecular complexity index is 361. The Hall–Kier alpha value is -0.490. The summed E-state index contributed by atoms with van der Waals surface area (Å²) in [7, 11) is 4.04. The number of halogens is 2. The summed E-state index contributed by atoms with van der Waals surface area (Å²) >= 11 is 3.34. The first kappa shape index (κ1) is 15.6. The number of ether oxygens (including phenoxy) is 1. The van der Waals surface area contributed by atoms with Gasteiger partial charge in [0.2, 0.25) is 0 Å². The molecule has 0 bridgehead atoms. The highest BCUT2D eigenvalue weighted by Crippen LogP contribution is 2.17. The smallest absolute Gasteiger partial charge is 0.124 e. The van der Waals surface area contributed by atoms with Crippen LogP contribution in [0.2, 0.25) is 0 Å². The van der Waals surface area contributed by atoms with E-state index in [-0.39, 0.29) is 5.82 Å². The van der Waals surface area contributed by atoms with Gasteiger partial charge in [0.05, 0.1) is 13.2 Å². The summed E-state index contributed by atoms with van der Waals surface area (Å²) < 4.78 is 19.1. The summed E-state index contributed by atoms with van der Waals surface area (Å²) in [6.45, 7) is 3.86. The Kier molecular flexibility index (Phi) is 7.42. The molecule has 5 heteroatoms. The van der Waals surface area contributed by atoms with Gasteiger partial charge in [-0.3, -0.25) is 0 Å². The predicted molar refractivity (Wildman–Crippen MR) is 75.2 cm³/mol. The third-order valence-corrected chi connectivity index (χ3v) is 3.17. The van der Waals surface area contributed by atoms with Crippen LogP contribution in [0.5, 0.6) is 0 Å². The molecular formula is C13H20BrFN2O. The Morgan fingerprint density at radius 3 is 2.78 bits per heavy atom. The van der Waals surface area contributed by atoms with Crippen molar-refractivity contribution < 1.29 is 9.13 Å². The summed E-state index contributed by atoms with van der Waals surface area (Å²) in [4.78, 5) is 2.09. The maximum atomic E-state index is 12.9. The fourth-order valence-electron chi connectivity index (χ4n) is 1.38. The molecule has 0 radical (unpaired) electrons. The van der Waals surface area contributed by atoms with Gasteiger partial charge in [-0.1, -0.05) is 22.0 Å². The minimum absolute atomic E-state index is 0.224. The van der Waals surface area contributed by atoms with Crippen molar-refractivity contribution >= 4 is 15.9 Å². The van der Waals surface area contributed by atoms with Crippen molar-refractivity contribution in [3.05, 3.63) is 34.1 Å². The normalized spacial score (nSPS) is 11.2. The van der Waals surface area contributed by atoms with E-state index in [2.05, 4.69) is 26.1 Å². The van der Waals surface area contributed by atoms with E-state index in [1.54, 1.807) is 6.07 Å². The van der Waals surface area contributed by atoms with Crippen LogP contribution in [0.3, 0.4) is 0 Å². The Labute approximate surface area is 116 Å². The fourth-order valence-corrected chi connectivity index (χ4v) is 1.87. The molecule has 18 heavy (non-hydrogen) atoms. The molecule has 0 spiro atoms. The molecule has 3 nitrogen and oxygen atoms in total. The standard InChI is InChI=1S/C13H20BrFN2O/c1-17(2)6-8-18-7-5-16-10-11-3-4-12(15)9-13(11)14/h3-4,9,16H,5-8,10H2,1-2H3. The Balaban J connectivity index is 2.11. The first-order valence-corrected chi connectivity index (χ1v) is 6.76. The van der Waals surface area contributed by atoms with Crippen LogP contribution in [-0.4, -0.2) is 45.3 Å². The van der Waals surface area contributed by atoms with Crippen LogP contribution in [0, 0.1) is 5.82 Å². The van der Waals surface area contributed by atoms with E-state index in [1.807, 2.05) is 14.1 Å². The maximum Gasteiger partial charge on any atom is 0.124 e. The maximum absolute atomic E-state index is 12.9. The van der Waals surface area contributed by atoms with Crippen molar-refractivity contribution in [3.63, 3.8) is 0 Å². The van der Waals surface area contributed by atoms with Gasteiger partial charge in [0.25, 0.3) is 0 Å². The summed E-state index contributed by atoms with van der Waals surface area (Å²) in [5, 5.41) is 3.26. The lowest BCUT2D eigenvalue weighted by Gasteiger charge is -2.10. The molecule has 0 aliphatic rings. The Morgan fingerprint density at radius 2 is 2.11 bits per heavy atom. The van der Waals surface area contributed by atoms with Gasteiger partial charge < -0.3 is 15.0 Å². The van der Waals surface area contributed by atoms with Crippen LogP contribution in [0.25, 0.3) is 0 Å². The summed E-state index contributed by atoms with van der Waals surface area (Å²) in [6.07, 6.45) is 0. The van der Waals surface area contributed by atoms with Crippen LogP contribution >= 0.6 is 15.9 Å². The van der Waals surface area contributed by atoms with Crippen molar-refractivity contribution in [2.24, 2.45) is 0 Å².